The summed E-state index contributed by atoms with van der Waals surface area (Å²) >= 11 is 0. The molecule has 2 aromatic rings. The molecular formula is C19H18F4N4O5. The van der Waals surface area contributed by atoms with Crippen molar-refractivity contribution >= 4 is 11.9 Å². The second-order valence-electron chi connectivity index (χ2n) is 6.82. The van der Waals surface area contributed by atoms with E-state index in [9.17, 15) is 22.4 Å². The maximum Gasteiger partial charge on any atom is 0.490 e. The van der Waals surface area contributed by atoms with Gasteiger partial charge in [-0.2, -0.15) is 13.2 Å². The summed E-state index contributed by atoms with van der Waals surface area (Å²) in [5.74, 6) is -3.55. The van der Waals surface area contributed by atoms with E-state index < -0.39 is 24.1 Å². The zero-order chi connectivity index (χ0) is 23.3. The lowest BCUT2D eigenvalue weighted by Gasteiger charge is -2.31. The zero-order valence-corrected chi connectivity index (χ0v) is 16.4. The summed E-state index contributed by atoms with van der Waals surface area (Å²) in [5, 5.41) is 7.12. The maximum absolute atomic E-state index is 13.9. The monoisotopic (exact) mass is 458 g/mol. The number of carboxylic acids is 1. The fraction of sp³-hybridized carbons (Fsp3) is 0.421. The van der Waals surface area contributed by atoms with E-state index in [0.717, 1.165) is 12.8 Å². The molecule has 172 valence electrons. The largest absolute Gasteiger partial charge is 0.490 e. The van der Waals surface area contributed by atoms with E-state index >= 15 is 0 Å². The minimum atomic E-state index is -5.08. The smallest absolute Gasteiger partial charge is 0.475 e. The number of ether oxygens (including phenoxy) is 2. The summed E-state index contributed by atoms with van der Waals surface area (Å²) in [7, 11) is 0. The predicted molar refractivity (Wildman–Crippen MR) is 98.1 cm³/mol. The van der Waals surface area contributed by atoms with Gasteiger partial charge in [0.1, 0.15) is 18.1 Å². The molecule has 4 rings (SSSR count). The number of amides is 1. The van der Waals surface area contributed by atoms with E-state index in [-0.39, 0.29) is 23.9 Å². The molecule has 3 atom stereocenters. The number of alkyl halides is 3. The summed E-state index contributed by atoms with van der Waals surface area (Å²) < 4.78 is 57.3. The van der Waals surface area contributed by atoms with Crippen molar-refractivity contribution in [3.63, 3.8) is 0 Å². The van der Waals surface area contributed by atoms with Gasteiger partial charge in [-0.25, -0.2) is 24.1 Å². The molecule has 1 aliphatic heterocycles. The van der Waals surface area contributed by atoms with Crippen LogP contribution in [-0.2, 0) is 9.53 Å². The normalized spacial score (nSPS) is 22.4. The lowest BCUT2D eigenvalue weighted by molar-refractivity contribution is -0.192. The molecule has 32 heavy (non-hydrogen) atoms. The fourth-order valence-corrected chi connectivity index (χ4v) is 3.45. The van der Waals surface area contributed by atoms with Crippen LogP contribution in [0.5, 0.6) is 5.88 Å². The quantitative estimate of drug-likeness (QED) is 0.696. The number of carboxylic acid groups (broad SMARTS) is 1. The molecule has 1 aliphatic carbocycles. The molecule has 2 aromatic heterocycles. The van der Waals surface area contributed by atoms with Gasteiger partial charge in [-0.1, -0.05) is 0 Å². The van der Waals surface area contributed by atoms with Crippen molar-refractivity contribution in [1.82, 2.24) is 19.9 Å². The standard InChI is InChI=1S/C17H17FN4O3.C2HF3O2/c18-11-2-1-6-20-16(11)25-15-13-3-4-14(15)24-9-8-22(13)17(23)12-5-7-19-10-21-12;3-2(4,5)1(6)7/h1-2,5-7,10,13-15H,3-4,8-9H2;(H,6,7). The van der Waals surface area contributed by atoms with E-state index in [0.29, 0.717) is 18.8 Å². The molecular weight excluding hydrogens is 440 g/mol. The van der Waals surface area contributed by atoms with Gasteiger partial charge in [-0.3, -0.25) is 4.79 Å². The minimum Gasteiger partial charge on any atom is -0.475 e. The number of carbonyl (C=O) groups is 2. The lowest BCUT2D eigenvalue weighted by Crippen LogP contribution is -2.48. The number of carbonyl (C=O) groups excluding carboxylic acids is 1. The summed E-state index contributed by atoms with van der Waals surface area (Å²) in [4.78, 5) is 35.3. The number of fused-ring (bicyclic) bond motifs is 2. The first-order valence-corrected chi connectivity index (χ1v) is 9.44. The average molecular weight is 458 g/mol. The molecule has 9 nitrogen and oxygen atoms in total. The van der Waals surface area contributed by atoms with Crippen LogP contribution in [0.1, 0.15) is 23.3 Å². The second kappa shape index (κ2) is 9.85. The van der Waals surface area contributed by atoms with Crippen molar-refractivity contribution in [1.29, 1.82) is 0 Å². The van der Waals surface area contributed by atoms with E-state index in [1.165, 1.54) is 30.9 Å². The van der Waals surface area contributed by atoms with Crippen LogP contribution >= 0.6 is 0 Å². The topological polar surface area (TPSA) is 115 Å². The van der Waals surface area contributed by atoms with Crippen molar-refractivity contribution in [2.24, 2.45) is 0 Å². The lowest BCUT2D eigenvalue weighted by atomic mass is 10.1. The molecule has 13 heteroatoms. The predicted octanol–water partition coefficient (Wildman–Crippen LogP) is 2.09. The highest BCUT2D eigenvalue weighted by molar-refractivity contribution is 5.92. The van der Waals surface area contributed by atoms with Gasteiger partial charge >= 0.3 is 12.1 Å². The third-order valence-corrected chi connectivity index (χ3v) is 4.83. The molecule has 2 aliphatic rings. The van der Waals surface area contributed by atoms with Gasteiger partial charge in [0.05, 0.1) is 18.8 Å². The first-order chi connectivity index (χ1) is 15.2. The molecule has 2 bridgehead atoms. The summed E-state index contributed by atoms with van der Waals surface area (Å²) in [6, 6.07) is 4.17. The van der Waals surface area contributed by atoms with Gasteiger partial charge < -0.3 is 19.5 Å². The Morgan fingerprint density at radius 3 is 2.56 bits per heavy atom. The SMILES string of the molecule is O=C(O)C(F)(F)F.O=C(c1ccncn1)N1CCOC2CCC1C2Oc1ncccc1F. The third kappa shape index (κ3) is 5.46. The molecule has 2 fully saturated rings. The Bertz CT molecular complexity index is 947. The number of aliphatic carboxylic acids is 1. The van der Waals surface area contributed by atoms with E-state index in [1.54, 1.807) is 11.0 Å². The molecule has 0 spiro atoms. The Morgan fingerprint density at radius 1 is 1.19 bits per heavy atom. The highest BCUT2D eigenvalue weighted by atomic mass is 19.4. The maximum atomic E-state index is 13.9. The molecule has 3 heterocycles. The highest BCUT2D eigenvalue weighted by Crippen LogP contribution is 2.33. The van der Waals surface area contributed by atoms with Crippen molar-refractivity contribution in [3.8, 4) is 5.88 Å². The van der Waals surface area contributed by atoms with Gasteiger partial charge in [-0.15, -0.1) is 0 Å². The van der Waals surface area contributed by atoms with Crippen molar-refractivity contribution < 1.29 is 41.7 Å². The summed E-state index contributed by atoms with van der Waals surface area (Å²) in [6.45, 7) is 0.844. The first kappa shape index (κ1) is 23.3. The molecule has 1 N–H and O–H groups in total. The van der Waals surface area contributed by atoms with Crippen LogP contribution in [0.25, 0.3) is 0 Å². The minimum absolute atomic E-state index is 0.0654. The van der Waals surface area contributed by atoms with E-state index in [4.69, 9.17) is 19.4 Å². The summed E-state index contributed by atoms with van der Waals surface area (Å²) in [5.41, 5.74) is 0.322. The average Bonchev–Trinajstić information content (AvgIpc) is 3.04. The summed E-state index contributed by atoms with van der Waals surface area (Å²) in [6.07, 6.45) is 0.0892. The number of nitrogens with zero attached hydrogens (tertiary/aromatic N) is 4. The van der Waals surface area contributed by atoms with E-state index in [2.05, 4.69) is 15.0 Å². The number of halogens is 4. The Labute approximate surface area is 179 Å². The van der Waals surface area contributed by atoms with Gasteiger partial charge in [-0.05, 0) is 31.0 Å². The molecule has 0 aromatic carbocycles. The Morgan fingerprint density at radius 2 is 1.94 bits per heavy atom. The Balaban J connectivity index is 0.000000360. The molecule has 1 saturated carbocycles. The van der Waals surface area contributed by atoms with Crippen molar-refractivity contribution in [2.75, 3.05) is 13.2 Å². The Kier molecular flexibility index (Phi) is 7.18. The van der Waals surface area contributed by atoms with Gasteiger partial charge in [0, 0.05) is 18.9 Å². The number of hydrogen-bond acceptors (Lipinski definition) is 7. The van der Waals surface area contributed by atoms with Crippen LogP contribution < -0.4 is 4.74 Å². The number of rotatable bonds is 3. The highest BCUT2D eigenvalue weighted by Gasteiger charge is 2.46. The van der Waals surface area contributed by atoms with Crippen LogP contribution in [0.2, 0.25) is 0 Å². The fourth-order valence-electron chi connectivity index (χ4n) is 3.45. The second-order valence-corrected chi connectivity index (χ2v) is 6.82. The Hall–Kier alpha value is -3.35. The first-order valence-electron chi connectivity index (χ1n) is 9.44. The zero-order valence-electron chi connectivity index (χ0n) is 16.4. The molecule has 0 radical (unpaired) electrons. The third-order valence-electron chi connectivity index (χ3n) is 4.83. The molecule has 1 saturated heterocycles. The molecule has 3 unspecified atom stereocenters. The van der Waals surface area contributed by atoms with Crippen LogP contribution in [0.15, 0.2) is 36.9 Å². The van der Waals surface area contributed by atoms with Crippen molar-refractivity contribution in [3.05, 3.63) is 48.4 Å². The van der Waals surface area contributed by atoms with Crippen LogP contribution in [0.4, 0.5) is 17.6 Å². The van der Waals surface area contributed by atoms with Gasteiger partial charge in [0.15, 0.2) is 5.82 Å². The number of aromatic nitrogens is 3. The molecule has 1 amide bonds. The van der Waals surface area contributed by atoms with Crippen LogP contribution in [0, 0.1) is 5.82 Å². The van der Waals surface area contributed by atoms with E-state index in [1.807, 2.05) is 0 Å². The van der Waals surface area contributed by atoms with Crippen LogP contribution in [-0.4, -0.2) is 74.4 Å². The van der Waals surface area contributed by atoms with Crippen LogP contribution in [0.3, 0.4) is 0 Å². The van der Waals surface area contributed by atoms with Crippen molar-refractivity contribution in [2.45, 2.75) is 37.3 Å². The number of hydrogen-bond donors (Lipinski definition) is 1. The van der Waals surface area contributed by atoms with Gasteiger partial charge in [0.2, 0.25) is 0 Å². The van der Waals surface area contributed by atoms with Gasteiger partial charge in [0.25, 0.3) is 11.8 Å². The number of pyridine rings is 1.